The van der Waals surface area contributed by atoms with Crippen molar-refractivity contribution in [2.45, 2.75) is 13.0 Å². The summed E-state index contributed by atoms with van der Waals surface area (Å²) < 4.78 is 12.6. The Hall–Kier alpha value is -1.19. The van der Waals surface area contributed by atoms with Gasteiger partial charge in [-0.05, 0) is 24.6 Å². The number of aliphatic hydroxyl groups is 1. The van der Waals surface area contributed by atoms with Crippen molar-refractivity contribution in [2.24, 2.45) is 0 Å². The van der Waals surface area contributed by atoms with Gasteiger partial charge in [-0.3, -0.25) is 0 Å². The fourth-order valence-electron chi connectivity index (χ4n) is 1.14. The molecule has 0 heterocycles. The fraction of sp³-hybridized carbons (Fsp3) is 0.333. The van der Waals surface area contributed by atoms with Crippen LogP contribution in [0.4, 0.5) is 4.39 Å². The maximum atomic E-state index is 12.6. The lowest BCUT2D eigenvalue weighted by molar-refractivity contribution is 0.193. The molecular weight excluding hydrogens is 193 g/mol. The normalized spacial score (nSPS) is 13.3. The predicted molar refractivity (Wildman–Crippen MR) is 60.0 cm³/mol. The summed E-state index contributed by atoms with van der Waals surface area (Å²) in [4.78, 5) is 0. The van der Waals surface area contributed by atoms with Crippen LogP contribution in [-0.4, -0.2) is 24.3 Å². The molecule has 3 heteroatoms. The maximum Gasteiger partial charge on any atom is 0.123 e. The van der Waals surface area contributed by atoms with Crippen LogP contribution in [0.25, 0.3) is 6.08 Å². The second-order valence-electron chi connectivity index (χ2n) is 3.46. The highest BCUT2D eigenvalue weighted by Crippen LogP contribution is 2.03. The minimum Gasteiger partial charge on any atom is -0.392 e. The van der Waals surface area contributed by atoms with E-state index in [0.29, 0.717) is 13.1 Å². The molecule has 0 saturated heterocycles. The zero-order valence-electron chi connectivity index (χ0n) is 8.78. The first-order chi connectivity index (χ1) is 7.18. The number of nitrogens with one attached hydrogen (secondary N) is 1. The van der Waals surface area contributed by atoms with E-state index in [9.17, 15) is 4.39 Å². The van der Waals surface area contributed by atoms with Crippen LogP contribution in [0.3, 0.4) is 0 Å². The molecule has 0 saturated carbocycles. The molecule has 15 heavy (non-hydrogen) atoms. The smallest absolute Gasteiger partial charge is 0.123 e. The molecule has 0 spiro atoms. The molecule has 2 nitrogen and oxygen atoms in total. The lowest BCUT2D eigenvalue weighted by Gasteiger charge is -2.03. The average Bonchev–Trinajstić information content (AvgIpc) is 2.20. The van der Waals surface area contributed by atoms with Gasteiger partial charge in [0.1, 0.15) is 5.82 Å². The van der Waals surface area contributed by atoms with Crippen molar-refractivity contribution in [3.05, 3.63) is 41.7 Å². The summed E-state index contributed by atoms with van der Waals surface area (Å²) in [7, 11) is 0. The molecule has 0 aliphatic rings. The van der Waals surface area contributed by atoms with Crippen LogP contribution in [0.1, 0.15) is 12.5 Å². The third-order valence-electron chi connectivity index (χ3n) is 1.88. The molecule has 0 aliphatic heterocycles. The van der Waals surface area contributed by atoms with Crippen molar-refractivity contribution < 1.29 is 9.50 Å². The first-order valence-corrected chi connectivity index (χ1v) is 4.99. The Kier molecular flexibility index (Phi) is 5.01. The lowest BCUT2D eigenvalue weighted by atomic mass is 10.2. The minimum absolute atomic E-state index is 0.223. The first kappa shape index (κ1) is 11.9. The Morgan fingerprint density at radius 2 is 2.07 bits per heavy atom. The third-order valence-corrected chi connectivity index (χ3v) is 1.88. The summed E-state index contributed by atoms with van der Waals surface area (Å²) in [6.45, 7) is 3.01. The number of halogens is 1. The van der Waals surface area contributed by atoms with Crippen LogP contribution in [0.15, 0.2) is 30.3 Å². The van der Waals surface area contributed by atoms with Crippen molar-refractivity contribution in [3.63, 3.8) is 0 Å². The topological polar surface area (TPSA) is 32.3 Å². The van der Waals surface area contributed by atoms with Crippen LogP contribution < -0.4 is 5.32 Å². The van der Waals surface area contributed by atoms with E-state index in [1.165, 1.54) is 12.1 Å². The molecule has 0 aromatic heterocycles. The standard InChI is InChI=1S/C12H16FNO/c1-10(15)9-14-8-2-3-11-4-6-12(13)7-5-11/h2-7,10,14-15H,8-9H2,1H3/b3-2+/t10-/m0/s1. The molecule has 0 unspecified atom stereocenters. The largest absolute Gasteiger partial charge is 0.392 e. The van der Waals surface area contributed by atoms with Gasteiger partial charge in [0.05, 0.1) is 6.10 Å². The van der Waals surface area contributed by atoms with Gasteiger partial charge in [-0.25, -0.2) is 4.39 Å². The molecule has 0 aliphatic carbocycles. The Bertz CT molecular complexity index is 306. The monoisotopic (exact) mass is 209 g/mol. The summed E-state index contributed by atoms with van der Waals surface area (Å²) in [6, 6.07) is 6.31. The molecule has 82 valence electrons. The SMILES string of the molecule is C[C@H](O)CNC/C=C/c1ccc(F)cc1. The number of hydrogen-bond acceptors (Lipinski definition) is 2. The highest BCUT2D eigenvalue weighted by atomic mass is 19.1. The molecule has 0 bridgehead atoms. The third kappa shape index (κ3) is 5.30. The van der Waals surface area contributed by atoms with Crippen molar-refractivity contribution in [1.29, 1.82) is 0 Å². The minimum atomic E-state index is -0.329. The van der Waals surface area contributed by atoms with Crippen LogP contribution in [0.5, 0.6) is 0 Å². The summed E-state index contributed by atoms with van der Waals surface area (Å²) in [5, 5.41) is 12.0. The van der Waals surface area contributed by atoms with Crippen molar-refractivity contribution in [2.75, 3.05) is 13.1 Å². The zero-order valence-corrected chi connectivity index (χ0v) is 8.78. The second kappa shape index (κ2) is 6.32. The molecule has 1 atom stereocenters. The number of hydrogen-bond donors (Lipinski definition) is 2. The molecule has 2 N–H and O–H groups in total. The van der Waals surface area contributed by atoms with Gasteiger partial charge in [-0.2, -0.15) is 0 Å². The van der Waals surface area contributed by atoms with E-state index in [1.807, 2.05) is 12.2 Å². The second-order valence-corrected chi connectivity index (χ2v) is 3.46. The Balaban J connectivity index is 2.29. The molecule has 1 aromatic carbocycles. The van der Waals surface area contributed by atoms with Crippen LogP contribution in [0.2, 0.25) is 0 Å². The van der Waals surface area contributed by atoms with E-state index >= 15 is 0 Å². The summed E-state index contributed by atoms with van der Waals surface area (Å²) >= 11 is 0. The number of aliphatic hydroxyl groups excluding tert-OH is 1. The summed E-state index contributed by atoms with van der Waals surface area (Å²) in [5.74, 6) is -0.223. The Morgan fingerprint density at radius 1 is 1.40 bits per heavy atom. The molecule has 0 radical (unpaired) electrons. The lowest BCUT2D eigenvalue weighted by Crippen LogP contribution is -2.24. The van der Waals surface area contributed by atoms with Crippen molar-refractivity contribution in [3.8, 4) is 0 Å². The van der Waals surface area contributed by atoms with E-state index in [2.05, 4.69) is 5.32 Å². The van der Waals surface area contributed by atoms with Gasteiger partial charge < -0.3 is 10.4 Å². The quantitative estimate of drug-likeness (QED) is 0.725. The van der Waals surface area contributed by atoms with Gasteiger partial charge in [0.25, 0.3) is 0 Å². The van der Waals surface area contributed by atoms with Crippen LogP contribution >= 0.6 is 0 Å². The number of rotatable bonds is 5. The highest BCUT2D eigenvalue weighted by molar-refractivity contribution is 5.48. The van der Waals surface area contributed by atoms with Gasteiger partial charge in [0.2, 0.25) is 0 Å². The fourth-order valence-corrected chi connectivity index (χ4v) is 1.14. The van der Waals surface area contributed by atoms with E-state index in [0.717, 1.165) is 5.56 Å². The maximum absolute atomic E-state index is 12.6. The van der Waals surface area contributed by atoms with Gasteiger partial charge in [-0.15, -0.1) is 0 Å². The van der Waals surface area contributed by atoms with Crippen LogP contribution in [-0.2, 0) is 0 Å². The van der Waals surface area contributed by atoms with Gasteiger partial charge in [0, 0.05) is 13.1 Å². The van der Waals surface area contributed by atoms with Crippen molar-refractivity contribution >= 4 is 6.08 Å². The first-order valence-electron chi connectivity index (χ1n) is 4.99. The molecule has 1 rings (SSSR count). The predicted octanol–water partition coefficient (Wildman–Crippen LogP) is 1.81. The Morgan fingerprint density at radius 3 is 2.67 bits per heavy atom. The number of benzene rings is 1. The molecule has 0 fully saturated rings. The molecular formula is C12H16FNO. The average molecular weight is 209 g/mol. The van der Waals surface area contributed by atoms with Crippen molar-refractivity contribution in [1.82, 2.24) is 5.32 Å². The summed E-state index contributed by atoms with van der Waals surface area (Å²) in [5.41, 5.74) is 0.968. The summed E-state index contributed by atoms with van der Waals surface area (Å²) in [6.07, 6.45) is 3.52. The molecule has 1 aromatic rings. The Labute approximate surface area is 89.4 Å². The van der Waals surface area contributed by atoms with E-state index < -0.39 is 0 Å². The zero-order chi connectivity index (χ0) is 11.1. The van der Waals surface area contributed by atoms with E-state index in [4.69, 9.17) is 5.11 Å². The molecule has 0 amide bonds. The van der Waals surface area contributed by atoms with Gasteiger partial charge >= 0.3 is 0 Å². The van der Waals surface area contributed by atoms with E-state index in [-0.39, 0.29) is 11.9 Å². The van der Waals surface area contributed by atoms with Gasteiger partial charge in [0.15, 0.2) is 0 Å². The van der Waals surface area contributed by atoms with Gasteiger partial charge in [-0.1, -0.05) is 24.3 Å². The van der Waals surface area contributed by atoms with E-state index in [1.54, 1.807) is 19.1 Å². The highest BCUT2D eigenvalue weighted by Gasteiger charge is 1.91. The van der Waals surface area contributed by atoms with Crippen LogP contribution in [0, 0.1) is 5.82 Å².